The summed E-state index contributed by atoms with van der Waals surface area (Å²) in [6.07, 6.45) is 2.65. The number of thioether (sulfide) groups is 1. The number of hydrogen-bond donors (Lipinski definition) is 1. The molecular weight excluding hydrogens is 264 g/mol. The first-order valence-electron chi connectivity index (χ1n) is 6.53. The molecule has 0 bridgehead atoms. The molecule has 2 rings (SSSR count). The number of ether oxygens (including phenoxy) is 1. The quantitative estimate of drug-likeness (QED) is 0.816. The average Bonchev–Trinajstić information content (AvgIpc) is 2.82. The van der Waals surface area contributed by atoms with Crippen LogP contribution < -0.4 is 5.32 Å². The molecule has 1 saturated heterocycles. The van der Waals surface area contributed by atoms with Crippen LogP contribution in [0.3, 0.4) is 0 Å². The molecule has 2 atom stereocenters. The second kappa shape index (κ2) is 7.48. The molecule has 0 saturated carbocycles. The molecule has 2 heterocycles. The summed E-state index contributed by atoms with van der Waals surface area (Å²) in [4.78, 5) is 4.67. The number of thiazole rings is 1. The van der Waals surface area contributed by atoms with Gasteiger partial charge in [0.2, 0.25) is 0 Å². The minimum Gasteiger partial charge on any atom is -0.383 e. The topological polar surface area (TPSA) is 34.1 Å². The van der Waals surface area contributed by atoms with Gasteiger partial charge in [0.25, 0.3) is 0 Å². The number of hydrogen-bond acceptors (Lipinski definition) is 5. The standard InChI is InChI=1S/C13H22N2OS2/c1-10-8-18-13(15-10)12(14-5-6-16-2)11-4-3-7-17-9-11/h8,11-12,14H,3-7,9H2,1-2H3. The van der Waals surface area contributed by atoms with Gasteiger partial charge >= 0.3 is 0 Å². The summed E-state index contributed by atoms with van der Waals surface area (Å²) in [6, 6.07) is 0.409. The molecule has 18 heavy (non-hydrogen) atoms. The van der Waals surface area contributed by atoms with Gasteiger partial charge < -0.3 is 10.1 Å². The molecule has 1 aromatic heterocycles. The Morgan fingerprint density at radius 3 is 3.11 bits per heavy atom. The van der Waals surface area contributed by atoms with E-state index in [-0.39, 0.29) is 0 Å². The fourth-order valence-corrected chi connectivity index (χ4v) is 4.48. The van der Waals surface area contributed by atoms with Crippen LogP contribution in [0.5, 0.6) is 0 Å². The summed E-state index contributed by atoms with van der Waals surface area (Å²) < 4.78 is 5.14. The van der Waals surface area contributed by atoms with E-state index in [1.807, 2.05) is 0 Å². The highest BCUT2D eigenvalue weighted by molar-refractivity contribution is 7.99. The molecule has 5 heteroatoms. The predicted octanol–water partition coefficient (Wildman–Crippen LogP) is 2.87. The van der Waals surface area contributed by atoms with Crippen LogP contribution in [0.1, 0.15) is 29.6 Å². The van der Waals surface area contributed by atoms with Crippen LogP contribution in [0.2, 0.25) is 0 Å². The Hall–Kier alpha value is -0.100. The molecule has 1 aromatic rings. The van der Waals surface area contributed by atoms with E-state index < -0.39 is 0 Å². The van der Waals surface area contributed by atoms with E-state index in [4.69, 9.17) is 4.74 Å². The second-order valence-electron chi connectivity index (χ2n) is 4.73. The smallest absolute Gasteiger partial charge is 0.110 e. The lowest BCUT2D eigenvalue weighted by Gasteiger charge is -2.29. The van der Waals surface area contributed by atoms with Crippen molar-refractivity contribution in [3.63, 3.8) is 0 Å². The lowest BCUT2D eigenvalue weighted by Crippen LogP contribution is -2.33. The first-order valence-corrected chi connectivity index (χ1v) is 8.57. The van der Waals surface area contributed by atoms with Crippen molar-refractivity contribution in [3.8, 4) is 0 Å². The first-order chi connectivity index (χ1) is 8.81. The summed E-state index contributed by atoms with van der Waals surface area (Å²) in [5, 5.41) is 7.03. The van der Waals surface area contributed by atoms with Gasteiger partial charge in [0, 0.05) is 24.7 Å². The number of nitrogens with zero attached hydrogens (tertiary/aromatic N) is 1. The van der Waals surface area contributed by atoms with Crippen molar-refractivity contribution in [1.29, 1.82) is 0 Å². The highest BCUT2D eigenvalue weighted by atomic mass is 32.2. The fourth-order valence-electron chi connectivity index (χ4n) is 2.32. The molecule has 1 N–H and O–H groups in total. The van der Waals surface area contributed by atoms with Crippen molar-refractivity contribution < 1.29 is 4.74 Å². The fraction of sp³-hybridized carbons (Fsp3) is 0.769. The average molecular weight is 286 g/mol. The molecular formula is C13H22N2OS2. The Bertz CT molecular complexity index is 351. The molecule has 0 aliphatic carbocycles. The Labute approximate surface area is 118 Å². The van der Waals surface area contributed by atoms with Crippen LogP contribution in [0, 0.1) is 12.8 Å². The molecule has 1 aliphatic heterocycles. The summed E-state index contributed by atoms with van der Waals surface area (Å²) in [7, 11) is 1.75. The summed E-state index contributed by atoms with van der Waals surface area (Å²) in [6.45, 7) is 3.74. The molecule has 1 fully saturated rings. The van der Waals surface area contributed by atoms with Crippen LogP contribution in [-0.2, 0) is 4.74 Å². The number of aryl methyl sites for hydroxylation is 1. The third-order valence-electron chi connectivity index (χ3n) is 3.24. The van der Waals surface area contributed by atoms with Gasteiger partial charge in [-0.3, -0.25) is 0 Å². The largest absolute Gasteiger partial charge is 0.383 e. The normalized spacial score (nSPS) is 22.0. The molecule has 0 spiro atoms. The van der Waals surface area contributed by atoms with Crippen LogP contribution in [-0.4, -0.2) is 36.8 Å². The van der Waals surface area contributed by atoms with Crippen molar-refractivity contribution >= 4 is 23.1 Å². The van der Waals surface area contributed by atoms with E-state index in [1.54, 1.807) is 18.4 Å². The molecule has 102 valence electrons. The van der Waals surface area contributed by atoms with Gasteiger partial charge in [-0.25, -0.2) is 4.98 Å². The van der Waals surface area contributed by atoms with Gasteiger partial charge in [0.15, 0.2) is 0 Å². The number of rotatable bonds is 6. The van der Waals surface area contributed by atoms with Gasteiger partial charge in [-0.15, -0.1) is 11.3 Å². The van der Waals surface area contributed by atoms with Gasteiger partial charge in [-0.1, -0.05) is 0 Å². The third kappa shape index (κ3) is 3.95. The van der Waals surface area contributed by atoms with Crippen molar-refractivity contribution in [2.24, 2.45) is 5.92 Å². The Kier molecular flexibility index (Phi) is 5.95. The van der Waals surface area contributed by atoms with Gasteiger partial charge in [-0.2, -0.15) is 11.8 Å². The van der Waals surface area contributed by atoms with E-state index in [0.29, 0.717) is 12.0 Å². The molecule has 0 amide bonds. The minimum absolute atomic E-state index is 0.409. The van der Waals surface area contributed by atoms with Gasteiger partial charge in [-0.05, 0) is 37.2 Å². The van der Waals surface area contributed by atoms with E-state index in [1.165, 1.54) is 29.4 Å². The Morgan fingerprint density at radius 1 is 1.61 bits per heavy atom. The second-order valence-corrected chi connectivity index (χ2v) is 6.77. The van der Waals surface area contributed by atoms with E-state index >= 15 is 0 Å². The summed E-state index contributed by atoms with van der Waals surface area (Å²) in [5.41, 5.74) is 1.14. The molecule has 2 unspecified atom stereocenters. The summed E-state index contributed by atoms with van der Waals surface area (Å²) in [5.74, 6) is 3.28. The van der Waals surface area contributed by atoms with Gasteiger partial charge in [0.05, 0.1) is 12.6 Å². The lowest BCUT2D eigenvalue weighted by molar-refractivity contribution is 0.190. The Morgan fingerprint density at radius 2 is 2.50 bits per heavy atom. The highest BCUT2D eigenvalue weighted by Crippen LogP contribution is 2.34. The van der Waals surface area contributed by atoms with Crippen molar-refractivity contribution in [2.45, 2.75) is 25.8 Å². The predicted molar refractivity (Wildman–Crippen MR) is 79.5 cm³/mol. The highest BCUT2D eigenvalue weighted by Gasteiger charge is 2.26. The SMILES string of the molecule is COCCNC(c1nc(C)cs1)C1CCCSC1. The maximum atomic E-state index is 5.14. The zero-order valence-corrected chi connectivity index (χ0v) is 12.8. The third-order valence-corrected chi connectivity index (χ3v) is 5.53. The zero-order valence-electron chi connectivity index (χ0n) is 11.1. The van der Waals surface area contributed by atoms with Crippen molar-refractivity contribution in [1.82, 2.24) is 10.3 Å². The van der Waals surface area contributed by atoms with Crippen LogP contribution in [0.25, 0.3) is 0 Å². The number of aromatic nitrogens is 1. The van der Waals surface area contributed by atoms with E-state index in [9.17, 15) is 0 Å². The van der Waals surface area contributed by atoms with Crippen molar-refractivity contribution in [2.75, 3.05) is 31.8 Å². The maximum Gasteiger partial charge on any atom is 0.110 e. The number of nitrogens with one attached hydrogen (secondary N) is 1. The van der Waals surface area contributed by atoms with Crippen LogP contribution in [0.15, 0.2) is 5.38 Å². The van der Waals surface area contributed by atoms with Crippen LogP contribution in [0.4, 0.5) is 0 Å². The van der Waals surface area contributed by atoms with E-state index in [0.717, 1.165) is 18.8 Å². The minimum atomic E-state index is 0.409. The lowest BCUT2D eigenvalue weighted by atomic mass is 9.96. The monoisotopic (exact) mass is 286 g/mol. The van der Waals surface area contributed by atoms with Crippen molar-refractivity contribution in [3.05, 3.63) is 16.1 Å². The van der Waals surface area contributed by atoms with Crippen LogP contribution >= 0.6 is 23.1 Å². The summed E-state index contributed by atoms with van der Waals surface area (Å²) >= 11 is 3.86. The maximum absolute atomic E-state index is 5.14. The molecule has 1 aliphatic rings. The van der Waals surface area contributed by atoms with Gasteiger partial charge in [0.1, 0.15) is 5.01 Å². The molecule has 3 nitrogen and oxygen atoms in total. The van der Waals surface area contributed by atoms with E-state index in [2.05, 4.69) is 34.4 Å². The first kappa shape index (κ1) is 14.3. The zero-order chi connectivity index (χ0) is 12.8. The molecule has 0 radical (unpaired) electrons. The Balaban J connectivity index is 2.01. The number of methoxy groups -OCH3 is 1. The molecule has 0 aromatic carbocycles.